The summed E-state index contributed by atoms with van der Waals surface area (Å²) >= 11 is 3.40. The minimum Gasteiger partial charge on any atom is -0.324 e. The van der Waals surface area contributed by atoms with Gasteiger partial charge in [0.25, 0.3) is 0 Å². The van der Waals surface area contributed by atoms with Crippen LogP contribution < -0.4 is 5.73 Å². The first kappa shape index (κ1) is 13.8. The first-order valence-corrected chi connectivity index (χ1v) is 7.65. The maximum Gasteiger partial charge on any atom is 0.126 e. The number of fused-ring (bicyclic) bond motifs is 1. The van der Waals surface area contributed by atoms with Crippen molar-refractivity contribution in [2.24, 2.45) is 5.73 Å². The first-order chi connectivity index (χ1) is 9.56. The van der Waals surface area contributed by atoms with E-state index in [1.165, 1.54) is 17.2 Å². The van der Waals surface area contributed by atoms with Crippen LogP contribution in [0.4, 0.5) is 4.39 Å². The van der Waals surface area contributed by atoms with Crippen molar-refractivity contribution in [2.45, 2.75) is 31.2 Å². The number of hydrogen-bond donors (Lipinski definition) is 1. The van der Waals surface area contributed by atoms with Crippen molar-refractivity contribution in [1.82, 2.24) is 0 Å². The minimum absolute atomic E-state index is 0.170. The van der Waals surface area contributed by atoms with E-state index in [9.17, 15) is 4.39 Å². The summed E-state index contributed by atoms with van der Waals surface area (Å²) in [6, 6.07) is 13.5. The number of rotatable bonds is 2. The Morgan fingerprint density at radius 2 is 1.90 bits per heavy atom. The Balaban J connectivity index is 1.86. The van der Waals surface area contributed by atoms with Crippen molar-refractivity contribution < 1.29 is 4.39 Å². The molecule has 0 saturated carbocycles. The van der Waals surface area contributed by atoms with Crippen LogP contribution in [0.5, 0.6) is 0 Å². The van der Waals surface area contributed by atoms with Crippen molar-refractivity contribution in [2.75, 3.05) is 0 Å². The Hall–Kier alpha value is -1.19. The standard InChI is InChI=1S/C17H17BrFN/c18-15-5-6-16(19)14(9-15)11-17(20)8-7-12-3-1-2-4-13(12)10-17/h1-6,9H,7-8,10-11,20H2. The average Bonchev–Trinajstić information content (AvgIpc) is 2.42. The third-order valence-electron chi connectivity index (χ3n) is 4.10. The average molecular weight is 334 g/mol. The SMILES string of the molecule is NC1(Cc2cc(Br)ccc2F)CCc2ccccc2C1. The molecule has 0 radical (unpaired) electrons. The summed E-state index contributed by atoms with van der Waals surface area (Å²) in [7, 11) is 0. The van der Waals surface area contributed by atoms with Gasteiger partial charge in [-0.1, -0.05) is 40.2 Å². The molecule has 104 valence electrons. The second-order valence-corrected chi connectivity index (χ2v) is 6.64. The minimum atomic E-state index is -0.351. The number of benzene rings is 2. The molecule has 1 unspecified atom stereocenters. The lowest BCUT2D eigenvalue weighted by Gasteiger charge is -2.35. The van der Waals surface area contributed by atoms with E-state index in [1.807, 2.05) is 12.1 Å². The third kappa shape index (κ3) is 2.79. The predicted molar refractivity (Wildman–Crippen MR) is 83.2 cm³/mol. The summed E-state index contributed by atoms with van der Waals surface area (Å²) in [6.45, 7) is 0. The van der Waals surface area contributed by atoms with Crippen LogP contribution in [0.15, 0.2) is 46.9 Å². The molecule has 3 heteroatoms. The molecule has 2 N–H and O–H groups in total. The molecule has 0 fully saturated rings. The van der Waals surface area contributed by atoms with Crippen LogP contribution in [0, 0.1) is 5.82 Å². The number of halogens is 2. The Morgan fingerprint density at radius 1 is 1.15 bits per heavy atom. The quantitative estimate of drug-likeness (QED) is 0.882. The monoisotopic (exact) mass is 333 g/mol. The van der Waals surface area contributed by atoms with E-state index in [0.717, 1.165) is 23.7 Å². The fourth-order valence-electron chi connectivity index (χ4n) is 3.03. The van der Waals surface area contributed by atoms with Crippen LogP contribution in [-0.4, -0.2) is 5.54 Å². The first-order valence-electron chi connectivity index (χ1n) is 6.85. The molecule has 1 aliphatic rings. The molecule has 2 aromatic carbocycles. The van der Waals surface area contributed by atoms with Gasteiger partial charge in [0.05, 0.1) is 0 Å². The lowest BCUT2D eigenvalue weighted by atomic mass is 9.75. The summed E-state index contributed by atoms with van der Waals surface area (Å²) in [5.74, 6) is -0.170. The van der Waals surface area contributed by atoms with Crippen LogP contribution in [0.2, 0.25) is 0 Å². The predicted octanol–water partition coefficient (Wildman–Crippen LogP) is 4.02. The van der Waals surface area contributed by atoms with Crippen molar-refractivity contribution in [1.29, 1.82) is 0 Å². The van der Waals surface area contributed by atoms with E-state index in [0.29, 0.717) is 12.0 Å². The van der Waals surface area contributed by atoms with Gasteiger partial charge in [-0.3, -0.25) is 0 Å². The lowest BCUT2D eigenvalue weighted by Crippen LogP contribution is -2.47. The third-order valence-corrected chi connectivity index (χ3v) is 4.60. The zero-order valence-electron chi connectivity index (χ0n) is 11.2. The van der Waals surface area contributed by atoms with Crippen LogP contribution in [0.3, 0.4) is 0 Å². The van der Waals surface area contributed by atoms with Gasteiger partial charge in [0.1, 0.15) is 5.82 Å². The van der Waals surface area contributed by atoms with Gasteiger partial charge in [0.2, 0.25) is 0 Å². The van der Waals surface area contributed by atoms with Gasteiger partial charge in [-0.15, -0.1) is 0 Å². The van der Waals surface area contributed by atoms with E-state index < -0.39 is 0 Å². The van der Waals surface area contributed by atoms with E-state index >= 15 is 0 Å². The highest BCUT2D eigenvalue weighted by Gasteiger charge is 2.31. The van der Waals surface area contributed by atoms with Crippen LogP contribution in [0.1, 0.15) is 23.1 Å². The van der Waals surface area contributed by atoms with Gasteiger partial charge in [-0.05, 0) is 60.6 Å². The van der Waals surface area contributed by atoms with Crippen LogP contribution in [-0.2, 0) is 19.3 Å². The summed E-state index contributed by atoms with van der Waals surface area (Å²) in [5.41, 5.74) is 9.57. The summed E-state index contributed by atoms with van der Waals surface area (Å²) in [4.78, 5) is 0. The zero-order chi connectivity index (χ0) is 14.2. The molecule has 1 atom stereocenters. The molecule has 0 aromatic heterocycles. The highest BCUT2D eigenvalue weighted by molar-refractivity contribution is 9.10. The Kier molecular flexibility index (Phi) is 3.65. The normalized spacial score (nSPS) is 21.6. The van der Waals surface area contributed by atoms with E-state index in [4.69, 9.17) is 5.73 Å². The molecular formula is C17H17BrFN. The molecule has 0 amide bonds. The molecule has 0 bridgehead atoms. The Labute approximate surface area is 127 Å². The maximum absolute atomic E-state index is 13.9. The number of nitrogens with two attached hydrogens (primary N) is 1. The summed E-state index contributed by atoms with van der Waals surface area (Å²) in [5, 5.41) is 0. The molecule has 1 nitrogen and oxygen atoms in total. The van der Waals surface area contributed by atoms with Crippen LogP contribution in [0.25, 0.3) is 0 Å². The second kappa shape index (κ2) is 5.30. The molecular weight excluding hydrogens is 317 g/mol. The highest BCUT2D eigenvalue weighted by Crippen LogP contribution is 2.30. The van der Waals surface area contributed by atoms with Crippen molar-refractivity contribution >= 4 is 15.9 Å². The van der Waals surface area contributed by atoms with Gasteiger partial charge < -0.3 is 5.73 Å². The van der Waals surface area contributed by atoms with Crippen molar-refractivity contribution in [3.63, 3.8) is 0 Å². The fraction of sp³-hybridized carbons (Fsp3) is 0.294. The fourth-order valence-corrected chi connectivity index (χ4v) is 3.44. The van der Waals surface area contributed by atoms with E-state index in [2.05, 4.69) is 34.1 Å². The van der Waals surface area contributed by atoms with Crippen LogP contribution >= 0.6 is 15.9 Å². The molecule has 0 saturated heterocycles. The van der Waals surface area contributed by atoms with Gasteiger partial charge in [0.15, 0.2) is 0 Å². The van der Waals surface area contributed by atoms with Gasteiger partial charge >= 0.3 is 0 Å². The van der Waals surface area contributed by atoms with Crippen molar-refractivity contribution in [3.8, 4) is 0 Å². The van der Waals surface area contributed by atoms with Crippen molar-refractivity contribution in [3.05, 3.63) is 69.4 Å². The highest BCUT2D eigenvalue weighted by atomic mass is 79.9. The molecule has 2 aromatic rings. The van der Waals surface area contributed by atoms with Gasteiger partial charge in [-0.2, -0.15) is 0 Å². The topological polar surface area (TPSA) is 26.0 Å². The number of aryl methyl sites for hydroxylation is 1. The second-order valence-electron chi connectivity index (χ2n) is 5.72. The molecule has 20 heavy (non-hydrogen) atoms. The molecule has 0 heterocycles. The Bertz CT molecular complexity index is 641. The number of hydrogen-bond acceptors (Lipinski definition) is 1. The van der Waals surface area contributed by atoms with E-state index in [1.54, 1.807) is 6.07 Å². The zero-order valence-corrected chi connectivity index (χ0v) is 12.8. The Morgan fingerprint density at radius 3 is 2.70 bits per heavy atom. The summed E-state index contributed by atoms with van der Waals surface area (Å²) in [6.07, 6.45) is 3.26. The lowest BCUT2D eigenvalue weighted by molar-refractivity contribution is 0.364. The van der Waals surface area contributed by atoms with Gasteiger partial charge in [0, 0.05) is 10.0 Å². The van der Waals surface area contributed by atoms with E-state index in [-0.39, 0.29) is 11.4 Å². The molecule has 0 spiro atoms. The van der Waals surface area contributed by atoms with Gasteiger partial charge in [-0.25, -0.2) is 4.39 Å². The molecule has 3 rings (SSSR count). The molecule has 1 aliphatic carbocycles. The molecule has 0 aliphatic heterocycles. The smallest absolute Gasteiger partial charge is 0.126 e. The summed E-state index contributed by atoms with van der Waals surface area (Å²) < 4.78 is 14.8. The largest absolute Gasteiger partial charge is 0.324 e. The maximum atomic E-state index is 13.9.